The molecule has 0 aliphatic carbocycles. The predicted molar refractivity (Wildman–Crippen MR) is 83.5 cm³/mol. The van der Waals surface area contributed by atoms with Crippen molar-refractivity contribution in [1.82, 2.24) is 0 Å². The van der Waals surface area contributed by atoms with Crippen molar-refractivity contribution >= 4 is 15.7 Å². The average Bonchev–Trinajstić information content (AvgIpc) is 2.42. The summed E-state index contributed by atoms with van der Waals surface area (Å²) in [6.45, 7) is 7.90. The van der Waals surface area contributed by atoms with E-state index < -0.39 is 10.1 Å². The van der Waals surface area contributed by atoms with Crippen LogP contribution in [0.5, 0.6) is 0 Å². The van der Waals surface area contributed by atoms with Crippen LogP contribution in [0.15, 0.2) is 29.2 Å². The first-order chi connectivity index (χ1) is 9.35. The summed E-state index contributed by atoms with van der Waals surface area (Å²) in [7, 11) is -4.21. The molecule has 0 heterocycles. The normalized spacial score (nSPS) is 14.3. The molecule has 112 valence electrons. The van der Waals surface area contributed by atoms with Crippen LogP contribution in [-0.4, -0.2) is 13.0 Å². The van der Waals surface area contributed by atoms with Crippen LogP contribution < -0.4 is 0 Å². The molecule has 0 aliphatic rings. The SMILES string of the molecule is CC=C(C)c1ccc(C(CC)CCC)cc1S(=O)(=O)O. The van der Waals surface area contributed by atoms with Crippen molar-refractivity contribution in [2.24, 2.45) is 0 Å². The van der Waals surface area contributed by atoms with Crippen molar-refractivity contribution in [3.05, 3.63) is 35.4 Å². The van der Waals surface area contributed by atoms with Crippen molar-refractivity contribution in [3.8, 4) is 0 Å². The van der Waals surface area contributed by atoms with E-state index in [1.54, 1.807) is 12.1 Å². The zero-order valence-corrected chi connectivity index (χ0v) is 13.5. The molecule has 0 aromatic heterocycles. The molecule has 1 unspecified atom stereocenters. The van der Waals surface area contributed by atoms with E-state index in [0.29, 0.717) is 11.5 Å². The molecule has 0 fully saturated rings. The zero-order valence-electron chi connectivity index (χ0n) is 12.7. The van der Waals surface area contributed by atoms with E-state index >= 15 is 0 Å². The Balaban J connectivity index is 3.42. The average molecular weight is 296 g/mol. The third kappa shape index (κ3) is 3.93. The van der Waals surface area contributed by atoms with E-state index in [2.05, 4.69) is 13.8 Å². The van der Waals surface area contributed by atoms with Gasteiger partial charge in [-0.05, 0) is 55.4 Å². The minimum Gasteiger partial charge on any atom is -0.282 e. The Labute approximate surface area is 122 Å². The first-order valence-electron chi connectivity index (χ1n) is 7.09. The van der Waals surface area contributed by atoms with Gasteiger partial charge >= 0.3 is 0 Å². The quantitative estimate of drug-likeness (QED) is 0.777. The van der Waals surface area contributed by atoms with E-state index in [1.807, 2.05) is 26.0 Å². The Bertz CT molecular complexity index is 586. The maximum Gasteiger partial charge on any atom is 0.295 e. The molecule has 0 aliphatic heterocycles. The third-order valence-corrected chi connectivity index (χ3v) is 4.64. The molecule has 0 radical (unpaired) electrons. The molecular formula is C16H24O3S. The van der Waals surface area contributed by atoms with Gasteiger partial charge in [0.1, 0.15) is 4.90 Å². The lowest BCUT2D eigenvalue weighted by Gasteiger charge is -2.17. The molecule has 1 aromatic carbocycles. The smallest absolute Gasteiger partial charge is 0.282 e. The second-order valence-electron chi connectivity index (χ2n) is 5.10. The molecule has 1 atom stereocenters. The largest absolute Gasteiger partial charge is 0.295 e. The number of hydrogen-bond donors (Lipinski definition) is 1. The Hall–Kier alpha value is -1.13. The monoisotopic (exact) mass is 296 g/mol. The van der Waals surface area contributed by atoms with Gasteiger partial charge in [0.25, 0.3) is 10.1 Å². The number of allylic oxidation sites excluding steroid dienone is 2. The summed E-state index contributed by atoms with van der Waals surface area (Å²) in [5.74, 6) is 0.334. The van der Waals surface area contributed by atoms with E-state index in [0.717, 1.165) is 30.4 Å². The maximum atomic E-state index is 11.6. The highest BCUT2D eigenvalue weighted by atomic mass is 32.2. The molecule has 1 aromatic rings. The molecule has 20 heavy (non-hydrogen) atoms. The Kier molecular flexibility index (Phi) is 5.96. The lowest BCUT2D eigenvalue weighted by atomic mass is 9.91. The summed E-state index contributed by atoms with van der Waals surface area (Å²) >= 11 is 0. The summed E-state index contributed by atoms with van der Waals surface area (Å²) < 4.78 is 32.7. The maximum absolute atomic E-state index is 11.6. The standard InChI is InChI=1S/C16H24O3S/c1-5-8-13(7-3)14-9-10-15(12(4)6-2)16(11-14)20(17,18)19/h6,9-11,13H,5,7-8H2,1-4H3,(H,17,18,19). The van der Waals surface area contributed by atoms with Crippen LogP contribution >= 0.6 is 0 Å². The topological polar surface area (TPSA) is 54.4 Å². The summed E-state index contributed by atoms with van der Waals surface area (Å²) in [6.07, 6.45) is 4.87. The number of benzene rings is 1. The van der Waals surface area contributed by atoms with Gasteiger partial charge < -0.3 is 0 Å². The van der Waals surface area contributed by atoms with E-state index in [4.69, 9.17) is 0 Å². The van der Waals surface area contributed by atoms with E-state index in [-0.39, 0.29) is 4.90 Å². The first-order valence-corrected chi connectivity index (χ1v) is 8.53. The van der Waals surface area contributed by atoms with Crippen molar-refractivity contribution in [2.45, 2.75) is 57.8 Å². The van der Waals surface area contributed by atoms with E-state index in [9.17, 15) is 13.0 Å². The highest BCUT2D eigenvalue weighted by Crippen LogP contribution is 2.30. The van der Waals surface area contributed by atoms with Gasteiger partial charge in [0.15, 0.2) is 0 Å². The minimum absolute atomic E-state index is 0.0140. The summed E-state index contributed by atoms with van der Waals surface area (Å²) in [6, 6.07) is 5.40. The summed E-state index contributed by atoms with van der Waals surface area (Å²) in [5.41, 5.74) is 2.40. The summed E-state index contributed by atoms with van der Waals surface area (Å²) in [5, 5.41) is 0. The van der Waals surface area contributed by atoms with Crippen molar-refractivity contribution in [3.63, 3.8) is 0 Å². The number of hydrogen-bond acceptors (Lipinski definition) is 2. The summed E-state index contributed by atoms with van der Waals surface area (Å²) in [4.78, 5) is 0.0140. The first kappa shape index (κ1) is 16.9. The second-order valence-corrected chi connectivity index (χ2v) is 6.49. The van der Waals surface area contributed by atoms with Gasteiger partial charge in [0.05, 0.1) is 0 Å². The molecule has 3 nitrogen and oxygen atoms in total. The molecule has 0 saturated carbocycles. The van der Waals surface area contributed by atoms with Crippen LogP contribution in [0.1, 0.15) is 64.0 Å². The second kappa shape index (κ2) is 7.04. The molecule has 0 spiro atoms. The molecule has 4 heteroatoms. The number of rotatable bonds is 6. The minimum atomic E-state index is -4.21. The highest BCUT2D eigenvalue weighted by Gasteiger charge is 2.19. The Morgan fingerprint density at radius 2 is 2.00 bits per heavy atom. The van der Waals surface area contributed by atoms with Crippen molar-refractivity contribution in [2.75, 3.05) is 0 Å². The van der Waals surface area contributed by atoms with Gasteiger partial charge in [-0.3, -0.25) is 4.55 Å². The molecule has 1 N–H and O–H groups in total. The van der Waals surface area contributed by atoms with Crippen LogP contribution in [0, 0.1) is 0 Å². The van der Waals surface area contributed by atoms with Gasteiger partial charge in [0, 0.05) is 0 Å². The Morgan fingerprint density at radius 1 is 1.35 bits per heavy atom. The molecule has 0 saturated heterocycles. The lowest BCUT2D eigenvalue weighted by Crippen LogP contribution is -2.05. The van der Waals surface area contributed by atoms with Crippen LogP contribution in [-0.2, 0) is 10.1 Å². The fraction of sp³-hybridized carbons (Fsp3) is 0.500. The van der Waals surface area contributed by atoms with Crippen molar-refractivity contribution in [1.29, 1.82) is 0 Å². The van der Waals surface area contributed by atoms with Crippen LogP contribution in [0.25, 0.3) is 5.57 Å². The molecular weight excluding hydrogens is 272 g/mol. The van der Waals surface area contributed by atoms with Gasteiger partial charge in [-0.25, -0.2) is 0 Å². The molecule has 0 amide bonds. The van der Waals surface area contributed by atoms with Crippen molar-refractivity contribution < 1.29 is 13.0 Å². The lowest BCUT2D eigenvalue weighted by molar-refractivity contribution is 0.482. The highest BCUT2D eigenvalue weighted by molar-refractivity contribution is 7.86. The van der Waals surface area contributed by atoms with E-state index in [1.165, 1.54) is 0 Å². The zero-order chi connectivity index (χ0) is 15.3. The van der Waals surface area contributed by atoms with Gasteiger partial charge in [0.2, 0.25) is 0 Å². The molecule has 0 bridgehead atoms. The van der Waals surface area contributed by atoms with Gasteiger partial charge in [-0.2, -0.15) is 8.42 Å². The predicted octanol–water partition coefficient (Wildman–Crippen LogP) is 4.65. The Morgan fingerprint density at radius 3 is 2.45 bits per heavy atom. The van der Waals surface area contributed by atoms with Crippen LogP contribution in [0.4, 0.5) is 0 Å². The third-order valence-electron chi connectivity index (χ3n) is 3.74. The van der Waals surface area contributed by atoms with Gasteiger partial charge in [-0.1, -0.05) is 38.5 Å². The van der Waals surface area contributed by atoms with Crippen LogP contribution in [0.3, 0.4) is 0 Å². The van der Waals surface area contributed by atoms with Gasteiger partial charge in [-0.15, -0.1) is 0 Å². The van der Waals surface area contributed by atoms with Crippen LogP contribution in [0.2, 0.25) is 0 Å². The molecule has 1 rings (SSSR count). The fourth-order valence-corrected chi connectivity index (χ4v) is 3.23. The fourth-order valence-electron chi connectivity index (χ4n) is 2.44.